The summed E-state index contributed by atoms with van der Waals surface area (Å²) in [6.45, 7) is 8.91. The van der Waals surface area contributed by atoms with Crippen LogP contribution in [0.5, 0.6) is 5.75 Å². The van der Waals surface area contributed by atoms with Crippen molar-refractivity contribution in [2.75, 3.05) is 46.6 Å². The van der Waals surface area contributed by atoms with Crippen molar-refractivity contribution >= 4 is 11.9 Å². The molecule has 1 fully saturated rings. The summed E-state index contributed by atoms with van der Waals surface area (Å²) in [6.07, 6.45) is 0.600. The lowest BCUT2D eigenvalue weighted by Crippen LogP contribution is -2.38. The summed E-state index contributed by atoms with van der Waals surface area (Å²) in [6, 6.07) is 7.69. The lowest BCUT2D eigenvalue weighted by atomic mass is 10.1. The number of aryl methyl sites for hydroxylation is 1. The first kappa shape index (κ1) is 22.8. The van der Waals surface area contributed by atoms with Crippen molar-refractivity contribution in [2.24, 2.45) is 0 Å². The van der Waals surface area contributed by atoms with Crippen LogP contribution < -0.4 is 10.1 Å². The van der Waals surface area contributed by atoms with Crippen LogP contribution in [-0.2, 0) is 22.4 Å². The van der Waals surface area contributed by atoms with E-state index < -0.39 is 5.97 Å². The second-order valence-corrected chi connectivity index (χ2v) is 7.46. The number of esters is 1. The molecule has 1 aliphatic heterocycles. The number of nitrogens with one attached hydrogen (secondary N) is 2. The summed E-state index contributed by atoms with van der Waals surface area (Å²) in [4.78, 5) is 30.2. The standard InChI is InChI=1S/C23H31N3O5/c1-4-19-20(23(28)29-3)16(2)21(25-19)22(27)24-15-17-6-5-7-18(14-17)31-13-10-26-8-11-30-12-9-26/h5-7,14,25H,4,8-13,15H2,1-3H3,(H,24,27). The predicted molar refractivity (Wildman–Crippen MR) is 117 cm³/mol. The SMILES string of the molecule is CCc1[nH]c(C(=O)NCc2cccc(OCCN3CCOCC3)c2)c(C)c1C(=O)OC. The molecule has 1 aliphatic rings. The smallest absolute Gasteiger partial charge is 0.339 e. The molecule has 8 heteroatoms. The highest BCUT2D eigenvalue weighted by Gasteiger charge is 2.23. The van der Waals surface area contributed by atoms with Gasteiger partial charge in [0.15, 0.2) is 0 Å². The number of aromatic nitrogens is 1. The fourth-order valence-corrected chi connectivity index (χ4v) is 3.66. The summed E-state index contributed by atoms with van der Waals surface area (Å²) in [5.41, 5.74) is 3.05. The minimum Gasteiger partial charge on any atom is -0.492 e. The third kappa shape index (κ3) is 5.86. The maximum atomic E-state index is 12.7. The molecule has 31 heavy (non-hydrogen) atoms. The van der Waals surface area contributed by atoms with E-state index in [-0.39, 0.29) is 5.91 Å². The lowest BCUT2D eigenvalue weighted by molar-refractivity contribution is 0.0322. The Morgan fingerprint density at radius 1 is 1.26 bits per heavy atom. The number of ether oxygens (including phenoxy) is 3. The van der Waals surface area contributed by atoms with E-state index in [1.54, 1.807) is 6.92 Å². The Kier molecular flexibility index (Phi) is 8.08. The van der Waals surface area contributed by atoms with Crippen molar-refractivity contribution in [3.05, 3.63) is 52.3 Å². The van der Waals surface area contributed by atoms with Gasteiger partial charge in [-0.15, -0.1) is 0 Å². The highest BCUT2D eigenvalue weighted by Crippen LogP contribution is 2.20. The first-order valence-corrected chi connectivity index (χ1v) is 10.6. The lowest BCUT2D eigenvalue weighted by Gasteiger charge is -2.26. The molecule has 3 rings (SSSR count). The van der Waals surface area contributed by atoms with Crippen molar-refractivity contribution in [1.29, 1.82) is 0 Å². The zero-order valence-corrected chi connectivity index (χ0v) is 18.5. The number of carbonyl (C=O) groups is 2. The van der Waals surface area contributed by atoms with Crippen LogP contribution in [0, 0.1) is 6.92 Å². The van der Waals surface area contributed by atoms with Gasteiger partial charge in [-0.05, 0) is 36.6 Å². The second kappa shape index (κ2) is 11.0. The Bertz CT molecular complexity index is 903. The van der Waals surface area contributed by atoms with E-state index >= 15 is 0 Å². The summed E-state index contributed by atoms with van der Waals surface area (Å²) in [5.74, 6) is 0.0740. The number of hydrogen-bond acceptors (Lipinski definition) is 6. The number of amides is 1. The molecular weight excluding hydrogens is 398 g/mol. The molecule has 2 N–H and O–H groups in total. The van der Waals surface area contributed by atoms with Crippen LogP contribution in [0.1, 0.15) is 44.6 Å². The maximum absolute atomic E-state index is 12.7. The highest BCUT2D eigenvalue weighted by atomic mass is 16.5. The number of nitrogens with zero attached hydrogens (tertiary/aromatic N) is 1. The van der Waals surface area contributed by atoms with Gasteiger partial charge in [0.25, 0.3) is 5.91 Å². The molecule has 2 heterocycles. The van der Waals surface area contributed by atoms with Crippen molar-refractivity contribution in [3.8, 4) is 5.75 Å². The molecule has 1 saturated heterocycles. The van der Waals surface area contributed by atoms with Gasteiger partial charge in [-0.2, -0.15) is 0 Å². The molecule has 0 unspecified atom stereocenters. The normalized spacial score (nSPS) is 14.3. The minimum atomic E-state index is -0.438. The van der Waals surface area contributed by atoms with Gasteiger partial charge in [0.2, 0.25) is 0 Å². The molecule has 1 aromatic carbocycles. The fourth-order valence-electron chi connectivity index (χ4n) is 3.66. The molecule has 2 aromatic rings. The molecule has 0 radical (unpaired) electrons. The monoisotopic (exact) mass is 429 g/mol. The first-order chi connectivity index (χ1) is 15.0. The maximum Gasteiger partial charge on any atom is 0.339 e. The number of hydrogen-bond donors (Lipinski definition) is 2. The predicted octanol–water partition coefficient (Wildman–Crippen LogP) is 2.31. The largest absolute Gasteiger partial charge is 0.492 e. The molecule has 0 aliphatic carbocycles. The van der Waals surface area contributed by atoms with Gasteiger partial charge in [-0.25, -0.2) is 4.79 Å². The Morgan fingerprint density at radius 3 is 2.74 bits per heavy atom. The Hall–Kier alpha value is -2.84. The third-order valence-corrected chi connectivity index (χ3v) is 5.43. The average Bonchev–Trinajstić information content (AvgIpc) is 3.14. The average molecular weight is 430 g/mol. The van der Waals surface area contributed by atoms with Crippen molar-refractivity contribution in [1.82, 2.24) is 15.2 Å². The quantitative estimate of drug-likeness (QED) is 0.595. The van der Waals surface area contributed by atoms with Gasteiger partial charge >= 0.3 is 5.97 Å². The van der Waals surface area contributed by atoms with Gasteiger partial charge in [-0.3, -0.25) is 9.69 Å². The molecule has 0 saturated carbocycles. The number of benzene rings is 1. The van der Waals surface area contributed by atoms with Gasteiger partial charge in [0.1, 0.15) is 18.1 Å². The number of morpholine rings is 1. The Balaban J connectivity index is 1.56. The third-order valence-electron chi connectivity index (χ3n) is 5.43. The first-order valence-electron chi connectivity index (χ1n) is 10.6. The summed E-state index contributed by atoms with van der Waals surface area (Å²) in [5, 5.41) is 2.91. The van der Waals surface area contributed by atoms with E-state index in [0.717, 1.165) is 44.2 Å². The van der Waals surface area contributed by atoms with Gasteiger partial charge in [0, 0.05) is 31.9 Å². The second-order valence-electron chi connectivity index (χ2n) is 7.46. The minimum absolute atomic E-state index is 0.263. The van der Waals surface area contributed by atoms with E-state index in [0.29, 0.717) is 42.1 Å². The van der Waals surface area contributed by atoms with Gasteiger partial charge < -0.3 is 24.5 Å². The molecule has 0 bridgehead atoms. The van der Waals surface area contributed by atoms with Crippen LogP contribution in [0.3, 0.4) is 0 Å². The van der Waals surface area contributed by atoms with Crippen LogP contribution in [-0.4, -0.2) is 68.3 Å². The van der Waals surface area contributed by atoms with Crippen LogP contribution in [0.15, 0.2) is 24.3 Å². The summed E-state index contributed by atoms with van der Waals surface area (Å²) >= 11 is 0. The fraction of sp³-hybridized carbons (Fsp3) is 0.478. The van der Waals surface area contributed by atoms with Crippen LogP contribution in [0.4, 0.5) is 0 Å². The Labute approximate surface area is 182 Å². The van der Waals surface area contributed by atoms with Gasteiger partial charge in [-0.1, -0.05) is 19.1 Å². The van der Waals surface area contributed by atoms with E-state index in [2.05, 4.69) is 15.2 Å². The van der Waals surface area contributed by atoms with Crippen molar-refractivity contribution in [3.63, 3.8) is 0 Å². The van der Waals surface area contributed by atoms with Crippen LogP contribution >= 0.6 is 0 Å². The zero-order chi connectivity index (χ0) is 22.2. The molecule has 1 aromatic heterocycles. The number of carbonyl (C=O) groups excluding carboxylic acids is 2. The number of H-pyrrole nitrogens is 1. The van der Waals surface area contributed by atoms with E-state index in [1.165, 1.54) is 7.11 Å². The number of aromatic amines is 1. The summed E-state index contributed by atoms with van der Waals surface area (Å²) in [7, 11) is 1.34. The zero-order valence-electron chi connectivity index (χ0n) is 18.5. The number of methoxy groups -OCH3 is 1. The van der Waals surface area contributed by atoms with E-state index in [1.807, 2.05) is 31.2 Å². The molecule has 168 valence electrons. The van der Waals surface area contributed by atoms with E-state index in [4.69, 9.17) is 14.2 Å². The van der Waals surface area contributed by atoms with Crippen molar-refractivity contribution in [2.45, 2.75) is 26.8 Å². The topological polar surface area (TPSA) is 92.9 Å². The molecular formula is C23H31N3O5. The number of rotatable bonds is 9. The Morgan fingerprint density at radius 2 is 2.03 bits per heavy atom. The van der Waals surface area contributed by atoms with Gasteiger partial charge in [0.05, 0.1) is 25.9 Å². The molecule has 8 nitrogen and oxygen atoms in total. The summed E-state index contributed by atoms with van der Waals surface area (Å²) < 4.78 is 16.1. The van der Waals surface area contributed by atoms with Crippen LogP contribution in [0.2, 0.25) is 0 Å². The molecule has 0 spiro atoms. The van der Waals surface area contributed by atoms with Crippen molar-refractivity contribution < 1.29 is 23.8 Å². The van der Waals surface area contributed by atoms with E-state index in [9.17, 15) is 9.59 Å². The molecule has 1 amide bonds. The van der Waals surface area contributed by atoms with Crippen LogP contribution in [0.25, 0.3) is 0 Å². The highest BCUT2D eigenvalue weighted by molar-refractivity contribution is 6.00. The molecule has 0 atom stereocenters.